The van der Waals surface area contributed by atoms with Crippen LogP contribution in [-0.4, -0.2) is 25.4 Å². The monoisotopic (exact) mass is 347 g/mol. The summed E-state index contributed by atoms with van der Waals surface area (Å²) in [7, 11) is 1.62. The van der Waals surface area contributed by atoms with Crippen LogP contribution in [0.3, 0.4) is 0 Å². The van der Waals surface area contributed by atoms with E-state index in [1.165, 1.54) is 0 Å². The number of methoxy groups -OCH3 is 1. The van der Waals surface area contributed by atoms with Crippen LogP contribution in [0.5, 0.6) is 11.5 Å². The van der Waals surface area contributed by atoms with Crippen LogP contribution in [0, 0.1) is 5.92 Å². The lowest BCUT2D eigenvalue weighted by Crippen LogP contribution is -2.28. The van der Waals surface area contributed by atoms with Gasteiger partial charge in [-0.2, -0.15) is 0 Å². The molecule has 25 heavy (non-hydrogen) atoms. The highest BCUT2D eigenvalue weighted by Crippen LogP contribution is 2.31. The second-order valence-corrected chi connectivity index (χ2v) is 6.75. The van der Waals surface area contributed by atoms with E-state index in [0.717, 1.165) is 30.6 Å². The maximum absolute atomic E-state index is 12.2. The minimum absolute atomic E-state index is 0.00515. The van der Waals surface area contributed by atoms with Crippen LogP contribution in [0.4, 0.5) is 0 Å². The molecule has 2 atom stereocenters. The van der Waals surface area contributed by atoms with E-state index >= 15 is 0 Å². The molecule has 0 spiro atoms. The molecular formula is C20H29NO4. The number of carbonyl (C=O) groups excluding carboxylic acids is 2. The average Bonchev–Trinajstić information content (AvgIpc) is 2.99. The van der Waals surface area contributed by atoms with E-state index in [1.807, 2.05) is 25.1 Å². The van der Waals surface area contributed by atoms with Crippen LogP contribution in [0.2, 0.25) is 0 Å². The first-order chi connectivity index (χ1) is 12.0. The highest BCUT2D eigenvalue weighted by molar-refractivity contribution is 5.83. The van der Waals surface area contributed by atoms with Crippen molar-refractivity contribution in [1.29, 1.82) is 0 Å². The maximum atomic E-state index is 12.2. The second-order valence-electron chi connectivity index (χ2n) is 6.75. The molecule has 1 aliphatic rings. The first-order valence-electron chi connectivity index (χ1n) is 9.15. The Balaban J connectivity index is 1.92. The van der Waals surface area contributed by atoms with E-state index in [2.05, 4.69) is 12.2 Å². The highest BCUT2D eigenvalue weighted by Gasteiger charge is 2.25. The van der Waals surface area contributed by atoms with Crippen molar-refractivity contribution >= 4 is 11.7 Å². The van der Waals surface area contributed by atoms with Crippen molar-refractivity contribution in [2.75, 3.05) is 13.7 Å². The number of hydrogen-bond acceptors (Lipinski definition) is 4. The minimum Gasteiger partial charge on any atom is -0.493 e. The molecular weight excluding hydrogens is 318 g/mol. The number of benzene rings is 1. The molecule has 1 fully saturated rings. The fraction of sp³-hybridized carbons (Fsp3) is 0.600. The third-order valence-electron chi connectivity index (χ3n) is 4.64. The van der Waals surface area contributed by atoms with Crippen molar-refractivity contribution in [2.45, 2.75) is 58.4 Å². The molecule has 0 aliphatic heterocycles. The first kappa shape index (κ1) is 19.3. The van der Waals surface area contributed by atoms with Crippen LogP contribution in [-0.2, 0) is 9.59 Å². The maximum Gasteiger partial charge on any atom is 0.220 e. The van der Waals surface area contributed by atoms with Gasteiger partial charge in [0.2, 0.25) is 5.91 Å². The number of carbonyl (C=O) groups is 2. The molecule has 0 heterocycles. The molecule has 0 bridgehead atoms. The van der Waals surface area contributed by atoms with Crippen molar-refractivity contribution in [3.05, 3.63) is 23.8 Å². The molecule has 5 nitrogen and oxygen atoms in total. The van der Waals surface area contributed by atoms with Gasteiger partial charge in [-0.3, -0.25) is 9.59 Å². The van der Waals surface area contributed by atoms with Crippen molar-refractivity contribution < 1.29 is 19.1 Å². The number of hydrogen-bond donors (Lipinski definition) is 1. The summed E-state index contributed by atoms with van der Waals surface area (Å²) in [6.45, 7) is 4.73. The van der Waals surface area contributed by atoms with Crippen LogP contribution in [0.1, 0.15) is 64.0 Å². The van der Waals surface area contributed by atoms with Gasteiger partial charge in [0.1, 0.15) is 5.78 Å². The summed E-state index contributed by atoms with van der Waals surface area (Å²) < 4.78 is 11.2. The van der Waals surface area contributed by atoms with Gasteiger partial charge in [0.15, 0.2) is 11.5 Å². The van der Waals surface area contributed by atoms with Gasteiger partial charge in [-0.1, -0.05) is 19.4 Å². The molecule has 0 saturated heterocycles. The highest BCUT2D eigenvalue weighted by atomic mass is 16.5. The van der Waals surface area contributed by atoms with Crippen molar-refractivity contribution in [1.82, 2.24) is 5.32 Å². The molecule has 1 amide bonds. The van der Waals surface area contributed by atoms with E-state index < -0.39 is 0 Å². The predicted octanol–water partition coefficient (Wildman–Crippen LogP) is 3.81. The smallest absolute Gasteiger partial charge is 0.220 e. The standard InChI is InChI=1S/C20H29NO4/c1-4-5-10-25-18-9-7-16(13-19(18)24-3)14(2)21-20(23)12-15-6-8-17(22)11-15/h7,9,13-15H,4-6,8,10-12H2,1-3H3,(H,21,23). The summed E-state index contributed by atoms with van der Waals surface area (Å²) in [5.74, 6) is 1.87. The number of rotatable bonds is 9. The average molecular weight is 347 g/mol. The van der Waals surface area contributed by atoms with E-state index in [9.17, 15) is 9.59 Å². The normalized spacial score (nSPS) is 18.0. The molecule has 0 radical (unpaired) electrons. The lowest BCUT2D eigenvalue weighted by atomic mass is 10.0. The Labute approximate surface area is 150 Å². The van der Waals surface area contributed by atoms with Gasteiger partial charge in [0, 0.05) is 19.3 Å². The predicted molar refractivity (Wildman–Crippen MR) is 96.9 cm³/mol. The Morgan fingerprint density at radius 3 is 2.80 bits per heavy atom. The molecule has 1 aromatic carbocycles. The third-order valence-corrected chi connectivity index (χ3v) is 4.64. The van der Waals surface area contributed by atoms with Crippen molar-refractivity contribution in [3.8, 4) is 11.5 Å². The Morgan fingerprint density at radius 1 is 1.36 bits per heavy atom. The zero-order valence-corrected chi connectivity index (χ0v) is 15.5. The van der Waals surface area contributed by atoms with Gasteiger partial charge < -0.3 is 14.8 Å². The summed E-state index contributed by atoms with van der Waals surface area (Å²) in [5, 5.41) is 3.01. The molecule has 2 rings (SSSR count). The zero-order chi connectivity index (χ0) is 18.2. The quantitative estimate of drug-likeness (QED) is 0.690. The van der Waals surface area contributed by atoms with E-state index in [4.69, 9.17) is 9.47 Å². The Kier molecular flexibility index (Phi) is 7.29. The summed E-state index contributed by atoms with van der Waals surface area (Å²) in [6.07, 6.45) is 4.49. The zero-order valence-electron chi connectivity index (χ0n) is 15.5. The van der Waals surface area contributed by atoms with Crippen LogP contribution < -0.4 is 14.8 Å². The second kappa shape index (κ2) is 9.44. The van der Waals surface area contributed by atoms with Gasteiger partial charge >= 0.3 is 0 Å². The minimum atomic E-state index is -0.122. The largest absolute Gasteiger partial charge is 0.493 e. The summed E-state index contributed by atoms with van der Waals surface area (Å²) in [4.78, 5) is 23.5. The molecule has 0 aromatic heterocycles. The Morgan fingerprint density at radius 2 is 2.16 bits per heavy atom. The van der Waals surface area contributed by atoms with Crippen LogP contribution in [0.15, 0.2) is 18.2 Å². The Hall–Kier alpha value is -2.04. The molecule has 1 aromatic rings. The van der Waals surface area contributed by atoms with Gasteiger partial charge in [-0.25, -0.2) is 0 Å². The van der Waals surface area contributed by atoms with E-state index in [0.29, 0.717) is 31.6 Å². The van der Waals surface area contributed by atoms with Crippen LogP contribution in [0.25, 0.3) is 0 Å². The molecule has 138 valence electrons. The van der Waals surface area contributed by atoms with E-state index in [1.54, 1.807) is 7.11 Å². The van der Waals surface area contributed by atoms with Gasteiger partial charge in [0.05, 0.1) is 19.8 Å². The van der Waals surface area contributed by atoms with Crippen LogP contribution >= 0.6 is 0 Å². The molecule has 1 aliphatic carbocycles. The lowest BCUT2D eigenvalue weighted by molar-refractivity contribution is -0.122. The Bertz CT molecular complexity index is 599. The molecule has 5 heteroatoms. The number of unbranched alkanes of at least 4 members (excludes halogenated alkanes) is 1. The molecule has 1 saturated carbocycles. The van der Waals surface area contributed by atoms with Crippen molar-refractivity contribution in [2.24, 2.45) is 5.92 Å². The molecule has 2 unspecified atom stereocenters. The summed E-state index contributed by atoms with van der Waals surface area (Å²) in [5.41, 5.74) is 0.968. The third kappa shape index (κ3) is 5.76. The lowest BCUT2D eigenvalue weighted by Gasteiger charge is -2.18. The molecule has 1 N–H and O–H groups in total. The van der Waals surface area contributed by atoms with E-state index in [-0.39, 0.29) is 23.7 Å². The summed E-state index contributed by atoms with van der Waals surface area (Å²) in [6, 6.07) is 5.63. The number of ketones is 1. The number of Topliss-reactive ketones (excluding diaryl/α,β-unsaturated/α-hetero) is 1. The van der Waals surface area contributed by atoms with Gasteiger partial charge in [-0.15, -0.1) is 0 Å². The fourth-order valence-corrected chi connectivity index (χ4v) is 3.11. The summed E-state index contributed by atoms with van der Waals surface area (Å²) >= 11 is 0. The topological polar surface area (TPSA) is 64.6 Å². The number of nitrogens with one attached hydrogen (secondary N) is 1. The van der Waals surface area contributed by atoms with Gasteiger partial charge in [-0.05, 0) is 43.4 Å². The fourth-order valence-electron chi connectivity index (χ4n) is 3.11. The SMILES string of the molecule is CCCCOc1ccc(C(C)NC(=O)CC2CCC(=O)C2)cc1OC. The van der Waals surface area contributed by atoms with Crippen molar-refractivity contribution in [3.63, 3.8) is 0 Å². The number of ether oxygens (including phenoxy) is 2. The van der Waals surface area contributed by atoms with Gasteiger partial charge in [0.25, 0.3) is 0 Å². The number of amides is 1. The first-order valence-corrected chi connectivity index (χ1v) is 9.15.